The Labute approximate surface area is 72.0 Å². The molecule has 2 aliphatic rings. The van der Waals surface area contributed by atoms with Crippen molar-refractivity contribution in [2.75, 3.05) is 0 Å². The molecule has 0 aromatic carbocycles. The molecule has 1 aliphatic carbocycles. The molecule has 0 aromatic rings. The predicted octanol–water partition coefficient (Wildman–Crippen LogP) is 2.56. The largest absolute Gasteiger partial charge is 0.349 e. The molecule has 4 heteroatoms. The van der Waals surface area contributed by atoms with Gasteiger partial charge in [0, 0.05) is 0 Å². The SMILES string of the molecule is F[C@]1(Cl)CCC[C@@]2(Br)O[C@@H]12. The molecule has 10 heavy (non-hydrogen) atoms. The standard InChI is InChI=1S/C6H7BrClFO/c7-5-2-1-3-6(8,9)4(5)10-5/h4H,1-3H2/t4-,5-,6-/m1/s1. The molecule has 1 nitrogen and oxygen atoms in total. The minimum absolute atomic E-state index is 0.409. The molecule has 2 rings (SSSR count). The summed E-state index contributed by atoms with van der Waals surface area (Å²) in [6, 6.07) is 0. The molecule has 0 spiro atoms. The average molecular weight is 229 g/mol. The van der Waals surface area contributed by atoms with Gasteiger partial charge in [-0.3, -0.25) is 0 Å². The van der Waals surface area contributed by atoms with Crippen molar-refractivity contribution < 1.29 is 9.13 Å². The van der Waals surface area contributed by atoms with Crippen LogP contribution in [0.25, 0.3) is 0 Å². The molecule has 0 unspecified atom stereocenters. The Hall–Kier alpha value is 0.660. The number of epoxide rings is 1. The van der Waals surface area contributed by atoms with E-state index in [2.05, 4.69) is 15.9 Å². The van der Waals surface area contributed by atoms with Crippen molar-refractivity contribution >= 4 is 27.5 Å². The first kappa shape index (κ1) is 7.32. The summed E-state index contributed by atoms with van der Waals surface area (Å²) >= 11 is 8.83. The van der Waals surface area contributed by atoms with Gasteiger partial charge in [-0.05, 0) is 19.3 Å². The van der Waals surface area contributed by atoms with Crippen LogP contribution in [0.2, 0.25) is 0 Å². The summed E-state index contributed by atoms with van der Waals surface area (Å²) in [4.78, 5) is 0. The Kier molecular flexibility index (Phi) is 1.37. The topological polar surface area (TPSA) is 12.5 Å². The second-order valence-corrected chi connectivity index (χ2v) is 4.87. The van der Waals surface area contributed by atoms with Crippen molar-refractivity contribution in [2.24, 2.45) is 0 Å². The number of hydrogen-bond acceptors (Lipinski definition) is 1. The fraction of sp³-hybridized carbons (Fsp3) is 1.00. The van der Waals surface area contributed by atoms with Gasteiger partial charge in [0.05, 0.1) is 0 Å². The summed E-state index contributed by atoms with van der Waals surface area (Å²) in [7, 11) is 0. The van der Waals surface area contributed by atoms with Gasteiger partial charge in [-0.1, -0.05) is 27.5 Å². The first-order valence-corrected chi connectivity index (χ1v) is 4.46. The number of fused-ring (bicyclic) bond motifs is 1. The Morgan fingerprint density at radius 3 is 2.80 bits per heavy atom. The highest BCUT2D eigenvalue weighted by Gasteiger charge is 2.67. The molecule has 1 aliphatic heterocycles. The van der Waals surface area contributed by atoms with E-state index in [0.717, 1.165) is 12.8 Å². The summed E-state index contributed by atoms with van der Waals surface area (Å²) in [5.74, 6) is 0. The van der Waals surface area contributed by atoms with Crippen LogP contribution in [0, 0.1) is 0 Å². The Balaban J connectivity index is 2.16. The zero-order valence-corrected chi connectivity index (χ0v) is 7.58. The molecular weight excluding hydrogens is 222 g/mol. The third kappa shape index (κ3) is 0.908. The molecule has 3 atom stereocenters. The van der Waals surface area contributed by atoms with Crippen molar-refractivity contribution in [3.8, 4) is 0 Å². The first-order chi connectivity index (χ1) is 4.55. The first-order valence-electron chi connectivity index (χ1n) is 3.29. The molecule has 0 aromatic heterocycles. The van der Waals surface area contributed by atoms with Crippen molar-refractivity contribution in [1.29, 1.82) is 0 Å². The van der Waals surface area contributed by atoms with Crippen molar-refractivity contribution in [3.63, 3.8) is 0 Å². The van der Waals surface area contributed by atoms with Gasteiger partial charge in [0.2, 0.25) is 5.13 Å². The molecule has 58 valence electrons. The fourth-order valence-electron chi connectivity index (χ4n) is 1.45. The highest BCUT2D eigenvalue weighted by atomic mass is 79.9. The van der Waals surface area contributed by atoms with Gasteiger partial charge in [0.1, 0.15) is 6.10 Å². The zero-order valence-electron chi connectivity index (χ0n) is 5.24. The van der Waals surface area contributed by atoms with Gasteiger partial charge in [-0.25, -0.2) is 4.39 Å². The second kappa shape index (κ2) is 1.87. The monoisotopic (exact) mass is 228 g/mol. The summed E-state index contributed by atoms with van der Waals surface area (Å²) in [6.07, 6.45) is 1.65. The predicted molar refractivity (Wildman–Crippen MR) is 40.1 cm³/mol. The summed E-state index contributed by atoms with van der Waals surface area (Å²) in [6.45, 7) is 0. The second-order valence-electron chi connectivity index (χ2n) is 2.90. The van der Waals surface area contributed by atoms with E-state index in [9.17, 15) is 4.39 Å². The number of rotatable bonds is 0. The van der Waals surface area contributed by atoms with Crippen LogP contribution in [0.1, 0.15) is 19.3 Å². The quantitative estimate of drug-likeness (QED) is 0.459. The summed E-state index contributed by atoms with van der Waals surface area (Å²) < 4.78 is 17.8. The highest BCUT2D eigenvalue weighted by Crippen LogP contribution is 2.59. The minimum Gasteiger partial charge on any atom is -0.349 e. The molecule has 1 heterocycles. The van der Waals surface area contributed by atoms with E-state index in [1.54, 1.807) is 0 Å². The Bertz CT molecular complexity index is 175. The molecular formula is C6H7BrClFO. The van der Waals surface area contributed by atoms with Crippen molar-refractivity contribution in [3.05, 3.63) is 0 Å². The van der Waals surface area contributed by atoms with Gasteiger partial charge < -0.3 is 4.74 Å². The van der Waals surface area contributed by atoms with Crippen molar-refractivity contribution in [1.82, 2.24) is 0 Å². The molecule has 0 bridgehead atoms. The molecule has 1 saturated heterocycles. The summed E-state index contributed by atoms with van der Waals surface area (Å²) in [5.41, 5.74) is 0. The maximum absolute atomic E-state index is 13.2. The van der Waals surface area contributed by atoms with Crippen LogP contribution in [-0.2, 0) is 4.74 Å². The van der Waals surface area contributed by atoms with E-state index >= 15 is 0 Å². The molecule has 0 N–H and O–H groups in total. The van der Waals surface area contributed by atoms with E-state index < -0.39 is 15.7 Å². The van der Waals surface area contributed by atoms with E-state index in [0.29, 0.717) is 6.42 Å². The minimum atomic E-state index is -1.62. The molecule has 1 saturated carbocycles. The van der Waals surface area contributed by atoms with Gasteiger partial charge in [-0.15, -0.1) is 0 Å². The van der Waals surface area contributed by atoms with Crippen LogP contribution in [0.4, 0.5) is 4.39 Å². The van der Waals surface area contributed by atoms with E-state index in [4.69, 9.17) is 16.3 Å². The molecule has 0 amide bonds. The van der Waals surface area contributed by atoms with Crippen LogP contribution < -0.4 is 0 Å². The highest BCUT2D eigenvalue weighted by molar-refractivity contribution is 9.10. The number of halogens is 3. The lowest BCUT2D eigenvalue weighted by Gasteiger charge is -2.21. The third-order valence-corrected chi connectivity index (χ3v) is 3.45. The lowest BCUT2D eigenvalue weighted by atomic mass is 9.98. The zero-order chi connectivity index (χ0) is 7.41. The fourth-order valence-corrected chi connectivity index (χ4v) is 2.77. The third-order valence-electron chi connectivity index (χ3n) is 2.06. The van der Waals surface area contributed by atoms with Gasteiger partial charge in [0.25, 0.3) is 0 Å². The van der Waals surface area contributed by atoms with E-state index in [1.165, 1.54) is 0 Å². The summed E-state index contributed by atoms with van der Waals surface area (Å²) in [5, 5.41) is -1.62. The van der Waals surface area contributed by atoms with Gasteiger partial charge >= 0.3 is 0 Å². The van der Waals surface area contributed by atoms with Crippen LogP contribution in [0.15, 0.2) is 0 Å². The van der Waals surface area contributed by atoms with Crippen LogP contribution in [0.5, 0.6) is 0 Å². The Morgan fingerprint density at radius 1 is 1.60 bits per heavy atom. The van der Waals surface area contributed by atoms with Crippen molar-refractivity contribution in [2.45, 2.75) is 35.0 Å². The lowest BCUT2D eigenvalue weighted by molar-refractivity contribution is 0.193. The van der Waals surface area contributed by atoms with E-state index in [1.807, 2.05) is 0 Å². The number of hydrogen-bond donors (Lipinski definition) is 0. The maximum Gasteiger partial charge on any atom is 0.213 e. The maximum atomic E-state index is 13.2. The Morgan fingerprint density at radius 2 is 2.30 bits per heavy atom. The average Bonchev–Trinajstić information content (AvgIpc) is 2.41. The van der Waals surface area contributed by atoms with Gasteiger partial charge in [0.15, 0.2) is 4.51 Å². The van der Waals surface area contributed by atoms with Crippen LogP contribution in [-0.4, -0.2) is 15.7 Å². The normalized spacial score (nSPS) is 59.7. The smallest absolute Gasteiger partial charge is 0.213 e. The van der Waals surface area contributed by atoms with Crippen LogP contribution in [0.3, 0.4) is 0 Å². The lowest BCUT2D eigenvalue weighted by Crippen LogP contribution is -2.31. The molecule has 2 fully saturated rings. The van der Waals surface area contributed by atoms with Gasteiger partial charge in [-0.2, -0.15) is 0 Å². The number of alkyl halides is 3. The number of ether oxygens (including phenoxy) is 1. The van der Waals surface area contributed by atoms with Crippen LogP contribution >= 0.6 is 27.5 Å². The van der Waals surface area contributed by atoms with E-state index in [-0.39, 0.29) is 0 Å². The molecule has 0 radical (unpaired) electrons.